The predicted octanol–water partition coefficient (Wildman–Crippen LogP) is 2.40. The molecule has 0 amide bonds. The van der Waals surface area contributed by atoms with Crippen LogP contribution in [-0.2, 0) is 0 Å². The molecule has 0 saturated carbocycles. The summed E-state index contributed by atoms with van der Waals surface area (Å²) in [5.74, 6) is 1.31. The van der Waals surface area contributed by atoms with Crippen LogP contribution in [0.5, 0.6) is 0 Å². The van der Waals surface area contributed by atoms with Crippen LogP contribution in [0.25, 0.3) is 0 Å². The van der Waals surface area contributed by atoms with Gasteiger partial charge in [-0.25, -0.2) is 0 Å². The minimum absolute atomic E-state index is 0.0133. The number of anilines is 1. The van der Waals surface area contributed by atoms with Crippen LogP contribution < -0.4 is 5.73 Å². The van der Waals surface area contributed by atoms with Crippen molar-refractivity contribution >= 4 is 11.5 Å². The molecule has 0 aliphatic rings. The zero-order valence-electron chi connectivity index (χ0n) is 8.26. The maximum atomic E-state index is 11.5. The summed E-state index contributed by atoms with van der Waals surface area (Å²) in [6.45, 7) is 5.76. The number of Topliss-reactive ketones (excluding diaryl/α,β-unsaturated/α-hetero) is 1. The average Bonchev–Trinajstić information content (AvgIpc) is 2.28. The number of aryl methyl sites for hydroxylation is 1. The van der Waals surface area contributed by atoms with Gasteiger partial charge in [-0.3, -0.25) is 4.79 Å². The van der Waals surface area contributed by atoms with Crippen LogP contribution in [0, 0.1) is 12.8 Å². The number of carbonyl (C=O) groups excluding carboxylic acids is 1. The van der Waals surface area contributed by atoms with Crippen molar-refractivity contribution in [2.75, 3.05) is 5.73 Å². The highest BCUT2D eigenvalue weighted by molar-refractivity contribution is 5.98. The first-order chi connectivity index (χ1) is 6.00. The van der Waals surface area contributed by atoms with Crippen molar-refractivity contribution in [3.63, 3.8) is 0 Å². The van der Waals surface area contributed by atoms with Crippen LogP contribution in [0.4, 0.5) is 5.69 Å². The third kappa shape index (κ3) is 2.34. The number of rotatable bonds is 3. The van der Waals surface area contributed by atoms with Crippen molar-refractivity contribution in [3.05, 3.63) is 17.6 Å². The van der Waals surface area contributed by atoms with Crippen LogP contribution in [0.15, 0.2) is 10.5 Å². The molecule has 0 atom stereocenters. The summed E-state index contributed by atoms with van der Waals surface area (Å²) in [6.07, 6.45) is 0.483. The van der Waals surface area contributed by atoms with Crippen LogP contribution in [-0.4, -0.2) is 5.78 Å². The van der Waals surface area contributed by atoms with E-state index in [2.05, 4.69) is 0 Å². The SMILES string of the molecule is Cc1cc(N)c(C(=O)CC(C)C)o1. The molecular weight excluding hydrogens is 166 g/mol. The van der Waals surface area contributed by atoms with E-state index < -0.39 is 0 Å². The smallest absolute Gasteiger partial charge is 0.200 e. The van der Waals surface area contributed by atoms with Gasteiger partial charge < -0.3 is 10.2 Å². The molecule has 72 valence electrons. The zero-order valence-corrected chi connectivity index (χ0v) is 8.26. The van der Waals surface area contributed by atoms with Crippen molar-refractivity contribution in [2.45, 2.75) is 27.2 Å². The second kappa shape index (κ2) is 3.64. The van der Waals surface area contributed by atoms with E-state index >= 15 is 0 Å². The summed E-state index contributed by atoms with van der Waals surface area (Å²) in [7, 11) is 0. The van der Waals surface area contributed by atoms with Gasteiger partial charge in [0, 0.05) is 12.5 Å². The number of hydrogen-bond acceptors (Lipinski definition) is 3. The molecule has 0 bridgehead atoms. The number of carbonyl (C=O) groups is 1. The molecule has 1 aromatic heterocycles. The quantitative estimate of drug-likeness (QED) is 0.728. The van der Waals surface area contributed by atoms with E-state index in [1.165, 1.54) is 0 Å². The molecule has 1 rings (SSSR count). The van der Waals surface area contributed by atoms with Crippen LogP contribution in [0.2, 0.25) is 0 Å². The Hall–Kier alpha value is -1.25. The highest BCUT2D eigenvalue weighted by Gasteiger charge is 2.15. The van der Waals surface area contributed by atoms with Gasteiger partial charge in [-0.1, -0.05) is 13.8 Å². The zero-order chi connectivity index (χ0) is 10.0. The molecule has 1 aromatic rings. The normalized spacial score (nSPS) is 10.8. The van der Waals surface area contributed by atoms with Gasteiger partial charge in [-0.2, -0.15) is 0 Å². The van der Waals surface area contributed by atoms with Crippen molar-refractivity contribution in [1.82, 2.24) is 0 Å². The van der Waals surface area contributed by atoms with E-state index in [9.17, 15) is 4.79 Å². The summed E-state index contributed by atoms with van der Waals surface area (Å²) in [6, 6.07) is 1.67. The topological polar surface area (TPSA) is 56.2 Å². The van der Waals surface area contributed by atoms with Gasteiger partial charge in [-0.15, -0.1) is 0 Å². The monoisotopic (exact) mass is 181 g/mol. The Labute approximate surface area is 77.9 Å². The molecule has 0 saturated heterocycles. The van der Waals surface area contributed by atoms with Crippen LogP contribution in [0.3, 0.4) is 0 Å². The van der Waals surface area contributed by atoms with E-state index in [1.807, 2.05) is 13.8 Å². The van der Waals surface area contributed by atoms with E-state index in [-0.39, 0.29) is 5.78 Å². The summed E-state index contributed by atoms with van der Waals surface area (Å²) < 4.78 is 5.20. The maximum Gasteiger partial charge on any atom is 0.200 e. The Kier molecular flexibility index (Phi) is 2.76. The highest BCUT2D eigenvalue weighted by Crippen LogP contribution is 2.20. The second-order valence-electron chi connectivity index (χ2n) is 3.66. The van der Waals surface area contributed by atoms with Gasteiger partial charge >= 0.3 is 0 Å². The molecule has 3 heteroatoms. The molecule has 0 spiro atoms. The Bertz CT molecular complexity index is 313. The minimum Gasteiger partial charge on any atom is -0.456 e. The number of nitrogen functional groups attached to an aromatic ring is 1. The molecule has 0 radical (unpaired) electrons. The van der Waals surface area contributed by atoms with Crippen molar-refractivity contribution < 1.29 is 9.21 Å². The fraction of sp³-hybridized carbons (Fsp3) is 0.500. The van der Waals surface area contributed by atoms with Crippen LogP contribution in [0.1, 0.15) is 36.6 Å². The average molecular weight is 181 g/mol. The van der Waals surface area contributed by atoms with Gasteiger partial charge in [0.05, 0.1) is 5.69 Å². The van der Waals surface area contributed by atoms with E-state index in [0.29, 0.717) is 29.5 Å². The lowest BCUT2D eigenvalue weighted by molar-refractivity contribution is 0.0940. The number of hydrogen-bond donors (Lipinski definition) is 1. The van der Waals surface area contributed by atoms with Crippen molar-refractivity contribution in [3.8, 4) is 0 Å². The predicted molar refractivity (Wildman–Crippen MR) is 51.6 cm³/mol. The molecule has 0 aliphatic carbocycles. The summed E-state index contributed by atoms with van der Waals surface area (Å²) in [5.41, 5.74) is 6.05. The number of ketones is 1. The van der Waals surface area contributed by atoms with Gasteiger partial charge in [0.25, 0.3) is 0 Å². The van der Waals surface area contributed by atoms with Crippen molar-refractivity contribution in [2.24, 2.45) is 5.92 Å². The van der Waals surface area contributed by atoms with E-state index in [4.69, 9.17) is 10.2 Å². The number of nitrogens with two attached hydrogens (primary N) is 1. The number of furan rings is 1. The summed E-state index contributed by atoms with van der Waals surface area (Å²) in [4.78, 5) is 11.5. The van der Waals surface area contributed by atoms with Gasteiger partial charge in [0.15, 0.2) is 11.5 Å². The lowest BCUT2D eigenvalue weighted by Crippen LogP contribution is -2.04. The first kappa shape index (κ1) is 9.84. The molecular formula is C10H15NO2. The largest absolute Gasteiger partial charge is 0.456 e. The Morgan fingerprint density at radius 1 is 1.62 bits per heavy atom. The maximum absolute atomic E-state index is 11.5. The lowest BCUT2D eigenvalue weighted by Gasteiger charge is -2.01. The molecule has 0 aliphatic heterocycles. The lowest BCUT2D eigenvalue weighted by atomic mass is 10.1. The summed E-state index contributed by atoms with van der Waals surface area (Å²) >= 11 is 0. The fourth-order valence-corrected chi connectivity index (χ4v) is 1.22. The van der Waals surface area contributed by atoms with Gasteiger partial charge in [0.1, 0.15) is 5.76 Å². The molecule has 2 N–H and O–H groups in total. The second-order valence-corrected chi connectivity index (χ2v) is 3.66. The van der Waals surface area contributed by atoms with Gasteiger partial charge in [0.2, 0.25) is 0 Å². The molecule has 0 aromatic carbocycles. The minimum atomic E-state index is -0.0133. The third-order valence-corrected chi connectivity index (χ3v) is 1.73. The third-order valence-electron chi connectivity index (χ3n) is 1.73. The molecule has 3 nitrogen and oxygen atoms in total. The molecule has 0 unspecified atom stereocenters. The molecule has 0 fully saturated rings. The standard InChI is InChI=1S/C10H15NO2/c1-6(2)4-9(12)10-8(11)5-7(3)13-10/h5-6H,4,11H2,1-3H3. The van der Waals surface area contributed by atoms with Crippen LogP contribution >= 0.6 is 0 Å². The first-order valence-corrected chi connectivity index (χ1v) is 4.39. The Morgan fingerprint density at radius 3 is 2.62 bits per heavy atom. The first-order valence-electron chi connectivity index (χ1n) is 4.39. The van der Waals surface area contributed by atoms with E-state index in [0.717, 1.165) is 0 Å². The van der Waals surface area contributed by atoms with Gasteiger partial charge in [-0.05, 0) is 12.8 Å². The Morgan fingerprint density at radius 2 is 2.23 bits per heavy atom. The summed E-state index contributed by atoms with van der Waals surface area (Å²) in [5, 5.41) is 0. The highest BCUT2D eigenvalue weighted by atomic mass is 16.3. The van der Waals surface area contributed by atoms with E-state index in [1.54, 1.807) is 13.0 Å². The Balaban J connectivity index is 2.82. The fourth-order valence-electron chi connectivity index (χ4n) is 1.22. The van der Waals surface area contributed by atoms with Crippen molar-refractivity contribution in [1.29, 1.82) is 0 Å². The molecule has 13 heavy (non-hydrogen) atoms. The molecule has 1 heterocycles.